The van der Waals surface area contributed by atoms with E-state index in [1.807, 2.05) is 32.2 Å². The van der Waals surface area contributed by atoms with Crippen molar-refractivity contribution in [3.05, 3.63) is 46.7 Å². The summed E-state index contributed by atoms with van der Waals surface area (Å²) in [6.45, 7) is 5.95. The molecule has 7 heteroatoms. The standard InChI is InChI=1S/C19H25NO4S2/c1-19(2,3)12-18(21)20-13-17(16-6-5-11-25-16)26(22,23)15-9-7-14(24-4)8-10-15/h5-11,17H,12-13H2,1-4H3,(H,20,21)/t17-/m1/s1. The Morgan fingerprint density at radius 1 is 1.19 bits per heavy atom. The molecule has 0 aliphatic carbocycles. The fourth-order valence-electron chi connectivity index (χ4n) is 2.52. The molecular weight excluding hydrogens is 370 g/mol. The van der Waals surface area contributed by atoms with Crippen LogP contribution in [0.25, 0.3) is 0 Å². The summed E-state index contributed by atoms with van der Waals surface area (Å²) >= 11 is 1.37. The van der Waals surface area contributed by atoms with E-state index in [1.54, 1.807) is 18.2 Å². The molecule has 1 N–H and O–H groups in total. The number of sulfone groups is 1. The SMILES string of the molecule is COc1ccc(S(=O)(=O)[C@H](CNC(=O)CC(C)(C)C)c2cccs2)cc1. The van der Waals surface area contributed by atoms with Gasteiger partial charge >= 0.3 is 0 Å². The number of methoxy groups -OCH3 is 1. The van der Waals surface area contributed by atoms with E-state index < -0.39 is 15.1 Å². The minimum atomic E-state index is -3.65. The van der Waals surface area contributed by atoms with Crippen LogP contribution in [-0.2, 0) is 14.6 Å². The lowest BCUT2D eigenvalue weighted by Crippen LogP contribution is -2.33. The lowest BCUT2D eigenvalue weighted by molar-refractivity contribution is -0.122. The highest BCUT2D eigenvalue weighted by atomic mass is 32.2. The first kappa shape index (κ1) is 20.5. The van der Waals surface area contributed by atoms with E-state index >= 15 is 0 Å². The molecule has 1 heterocycles. The van der Waals surface area contributed by atoms with Crippen LogP contribution in [0.15, 0.2) is 46.7 Å². The van der Waals surface area contributed by atoms with E-state index in [4.69, 9.17) is 4.74 Å². The average molecular weight is 396 g/mol. The van der Waals surface area contributed by atoms with Gasteiger partial charge in [0.05, 0.1) is 12.0 Å². The lowest BCUT2D eigenvalue weighted by Gasteiger charge is -2.20. The predicted octanol–water partition coefficient (Wildman–Crippen LogP) is 3.82. The number of ether oxygens (including phenoxy) is 1. The van der Waals surface area contributed by atoms with Crippen molar-refractivity contribution < 1.29 is 17.9 Å². The quantitative estimate of drug-likeness (QED) is 0.773. The van der Waals surface area contributed by atoms with Crippen LogP contribution in [0.5, 0.6) is 5.75 Å². The molecule has 0 unspecified atom stereocenters. The highest BCUT2D eigenvalue weighted by Gasteiger charge is 2.31. The van der Waals surface area contributed by atoms with Crippen molar-refractivity contribution in [2.24, 2.45) is 5.41 Å². The van der Waals surface area contributed by atoms with Gasteiger partial charge in [-0.05, 0) is 41.1 Å². The molecule has 0 fully saturated rings. The molecule has 26 heavy (non-hydrogen) atoms. The Kier molecular flexibility index (Phi) is 6.47. The molecule has 1 aromatic carbocycles. The van der Waals surface area contributed by atoms with Crippen LogP contribution in [-0.4, -0.2) is 28.0 Å². The minimum Gasteiger partial charge on any atom is -0.497 e. The van der Waals surface area contributed by atoms with Crippen molar-refractivity contribution in [3.8, 4) is 5.75 Å². The van der Waals surface area contributed by atoms with Gasteiger partial charge in [-0.15, -0.1) is 11.3 Å². The van der Waals surface area contributed by atoms with Crippen molar-refractivity contribution >= 4 is 27.1 Å². The number of carbonyl (C=O) groups is 1. The summed E-state index contributed by atoms with van der Waals surface area (Å²) in [6, 6.07) is 9.91. The monoisotopic (exact) mass is 395 g/mol. The number of hydrogen-bond donors (Lipinski definition) is 1. The molecule has 0 aliphatic rings. The Balaban J connectivity index is 2.25. The largest absolute Gasteiger partial charge is 0.497 e. The molecule has 2 rings (SSSR count). The third-order valence-corrected chi connectivity index (χ3v) is 7.03. The maximum absolute atomic E-state index is 13.1. The summed E-state index contributed by atoms with van der Waals surface area (Å²) in [4.78, 5) is 13.1. The number of thiophene rings is 1. The van der Waals surface area contributed by atoms with Crippen LogP contribution in [0.3, 0.4) is 0 Å². The zero-order valence-electron chi connectivity index (χ0n) is 15.5. The van der Waals surface area contributed by atoms with E-state index in [2.05, 4.69) is 5.32 Å². The molecule has 0 saturated heterocycles. The number of rotatable bonds is 7. The van der Waals surface area contributed by atoms with E-state index in [0.29, 0.717) is 17.0 Å². The van der Waals surface area contributed by atoms with Crippen LogP contribution in [0.2, 0.25) is 0 Å². The molecule has 0 spiro atoms. The summed E-state index contributed by atoms with van der Waals surface area (Å²) in [6.07, 6.45) is 0.340. The Morgan fingerprint density at radius 2 is 1.85 bits per heavy atom. The smallest absolute Gasteiger partial charge is 0.220 e. The summed E-state index contributed by atoms with van der Waals surface area (Å²) in [7, 11) is -2.12. The second-order valence-electron chi connectivity index (χ2n) is 7.27. The van der Waals surface area contributed by atoms with E-state index in [0.717, 1.165) is 0 Å². The Morgan fingerprint density at radius 3 is 2.35 bits per heavy atom. The van der Waals surface area contributed by atoms with Gasteiger partial charge in [0.15, 0.2) is 9.84 Å². The van der Waals surface area contributed by atoms with E-state index in [9.17, 15) is 13.2 Å². The van der Waals surface area contributed by atoms with E-state index in [1.165, 1.54) is 30.6 Å². The van der Waals surface area contributed by atoms with Crippen molar-refractivity contribution in [3.63, 3.8) is 0 Å². The number of hydrogen-bond acceptors (Lipinski definition) is 5. The van der Waals surface area contributed by atoms with Crippen LogP contribution >= 0.6 is 11.3 Å². The number of amides is 1. The first-order valence-corrected chi connectivity index (χ1v) is 10.7. The minimum absolute atomic E-state index is 0.0454. The zero-order chi connectivity index (χ0) is 19.4. The van der Waals surface area contributed by atoms with Gasteiger partial charge in [-0.2, -0.15) is 0 Å². The topological polar surface area (TPSA) is 72.5 Å². The molecule has 2 aromatic rings. The molecule has 0 aliphatic heterocycles. The van der Waals surface area contributed by atoms with Gasteiger partial charge in [-0.25, -0.2) is 8.42 Å². The fraction of sp³-hybridized carbons (Fsp3) is 0.421. The Hall–Kier alpha value is -1.86. The normalized spacial score (nSPS) is 13.2. The third kappa shape index (κ3) is 5.32. The summed E-state index contributed by atoms with van der Waals surface area (Å²) in [5.74, 6) is 0.444. The van der Waals surface area contributed by atoms with Gasteiger partial charge in [-0.1, -0.05) is 26.8 Å². The van der Waals surface area contributed by atoms with Gasteiger partial charge in [0.2, 0.25) is 5.91 Å². The van der Waals surface area contributed by atoms with Crippen molar-refractivity contribution in [1.82, 2.24) is 5.32 Å². The first-order chi connectivity index (χ1) is 12.1. The van der Waals surface area contributed by atoms with Crippen LogP contribution in [0.4, 0.5) is 0 Å². The van der Waals surface area contributed by atoms with Gasteiger partial charge < -0.3 is 10.1 Å². The highest BCUT2D eigenvalue weighted by molar-refractivity contribution is 7.91. The van der Waals surface area contributed by atoms with Crippen molar-refractivity contribution in [2.45, 2.75) is 37.3 Å². The summed E-state index contributed by atoms with van der Waals surface area (Å²) in [5.41, 5.74) is -0.155. The number of benzene rings is 1. The second kappa shape index (κ2) is 8.22. The van der Waals surface area contributed by atoms with Crippen molar-refractivity contribution in [2.75, 3.05) is 13.7 Å². The third-order valence-electron chi connectivity index (χ3n) is 3.80. The van der Waals surface area contributed by atoms with E-state index in [-0.39, 0.29) is 22.8 Å². The van der Waals surface area contributed by atoms with Gasteiger partial charge in [0.25, 0.3) is 0 Å². The average Bonchev–Trinajstić information content (AvgIpc) is 3.07. The molecule has 142 valence electrons. The molecule has 1 amide bonds. The van der Waals surface area contributed by atoms with Crippen LogP contribution in [0.1, 0.15) is 37.3 Å². The fourth-order valence-corrected chi connectivity index (χ4v) is 5.30. The maximum Gasteiger partial charge on any atom is 0.220 e. The maximum atomic E-state index is 13.1. The van der Waals surface area contributed by atoms with Gasteiger partial charge in [0, 0.05) is 17.8 Å². The summed E-state index contributed by atoms with van der Waals surface area (Å²) in [5, 5.41) is 3.81. The molecule has 0 bridgehead atoms. The van der Waals surface area contributed by atoms with Gasteiger partial charge in [-0.3, -0.25) is 4.79 Å². The Labute approximate surface area is 159 Å². The molecule has 1 atom stereocenters. The molecule has 5 nitrogen and oxygen atoms in total. The van der Waals surface area contributed by atoms with Crippen LogP contribution < -0.4 is 10.1 Å². The molecule has 0 radical (unpaired) electrons. The number of carbonyl (C=O) groups excluding carboxylic acids is 1. The van der Waals surface area contributed by atoms with Crippen molar-refractivity contribution in [1.29, 1.82) is 0 Å². The summed E-state index contributed by atoms with van der Waals surface area (Å²) < 4.78 is 31.4. The molecule has 0 saturated carbocycles. The second-order valence-corrected chi connectivity index (χ2v) is 10.4. The van der Waals surface area contributed by atoms with Crippen LogP contribution in [0, 0.1) is 5.41 Å². The molecule has 1 aromatic heterocycles. The van der Waals surface area contributed by atoms with Gasteiger partial charge in [0.1, 0.15) is 11.0 Å². The zero-order valence-corrected chi connectivity index (χ0v) is 17.1. The molecular formula is C19H25NO4S2. The Bertz CT molecular complexity index is 819. The number of nitrogens with one attached hydrogen (secondary N) is 1. The lowest BCUT2D eigenvalue weighted by atomic mass is 9.92. The highest BCUT2D eigenvalue weighted by Crippen LogP contribution is 2.32. The predicted molar refractivity (Wildman–Crippen MR) is 104 cm³/mol. The first-order valence-electron chi connectivity index (χ1n) is 8.31.